The molecule has 1 heterocycles. The molecular formula is C15H25ClN2O. The van der Waals surface area contributed by atoms with Gasteiger partial charge in [0.05, 0.1) is 12.6 Å². The van der Waals surface area contributed by atoms with Gasteiger partial charge in [-0.3, -0.25) is 4.90 Å². The van der Waals surface area contributed by atoms with Gasteiger partial charge in [0.2, 0.25) is 0 Å². The predicted molar refractivity (Wildman–Crippen MR) is 82.0 cm³/mol. The molecule has 1 aliphatic heterocycles. The minimum Gasteiger partial charge on any atom is -0.394 e. The largest absolute Gasteiger partial charge is 0.394 e. The Morgan fingerprint density at radius 1 is 1.21 bits per heavy atom. The van der Waals surface area contributed by atoms with Crippen LogP contribution in [0.5, 0.6) is 0 Å². The van der Waals surface area contributed by atoms with E-state index in [0.717, 1.165) is 26.2 Å². The number of rotatable bonds is 4. The van der Waals surface area contributed by atoms with Crippen molar-refractivity contribution in [3.63, 3.8) is 0 Å². The van der Waals surface area contributed by atoms with Gasteiger partial charge in [0, 0.05) is 26.2 Å². The molecule has 1 aliphatic rings. The smallest absolute Gasteiger partial charge is 0.0628 e. The van der Waals surface area contributed by atoms with E-state index in [9.17, 15) is 5.11 Å². The Kier molecular flexibility index (Phi) is 6.80. The summed E-state index contributed by atoms with van der Waals surface area (Å²) in [6, 6.07) is 8.80. The first-order valence-corrected chi connectivity index (χ1v) is 6.88. The van der Waals surface area contributed by atoms with Crippen molar-refractivity contribution in [1.82, 2.24) is 10.2 Å². The van der Waals surface area contributed by atoms with Crippen LogP contribution in [0, 0.1) is 0 Å². The highest BCUT2D eigenvalue weighted by Gasteiger charge is 2.21. The van der Waals surface area contributed by atoms with Gasteiger partial charge >= 0.3 is 0 Å². The SMILES string of the molecule is CC(C)c1cccc([C@H](CO)N2CCNCC2)c1.Cl. The fourth-order valence-electron chi connectivity index (χ4n) is 2.55. The molecule has 1 aromatic carbocycles. The molecule has 0 spiro atoms. The molecule has 0 aromatic heterocycles. The normalized spacial score (nSPS) is 18.1. The minimum atomic E-state index is 0. The van der Waals surface area contributed by atoms with Gasteiger partial charge in [-0.15, -0.1) is 12.4 Å². The number of aliphatic hydroxyl groups excluding tert-OH is 1. The zero-order valence-electron chi connectivity index (χ0n) is 11.8. The monoisotopic (exact) mass is 284 g/mol. The van der Waals surface area contributed by atoms with Crippen LogP contribution in [-0.2, 0) is 0 Å². The van der Waals surface area contributed by atoms with Crippen molar-refractivity contribution in [2.75, 3.05) is 32.8 Å². The van der Waals surface area contributed by atoms with Crippen LogP contribution in [-0.4, -0.2) is 42.8 Å². The van der Waals surface area contributed by atoms with Gasteiger partial charge in [0.15, 0.2) is 0 Å². The quantitative estimate of drug-likeness (QED) is 0.890. The Morgan fingerprint density at radius 3 is 2.42 bits per heavy atom. The number of benzene rings is 1. The lowest BCUT2D eigenvalue weighted by atomic mass is 9.97. The maximum absolute atomic E-state index is 9.70. The summed E-state index contributed by atoms with van der Waals surface area (Å²) >= 11 is 0. The third-order valence-electron chi connectivity index (χ3n) is 3.73. The fraction of sp³-hybridized carbons (Fsp3) is 0.600. The number of piperazine rings is 1. The standard InChI is InChI=1S/C15H24N2O.ClH/c1-12(2)13-4-3-5-14(10-13)15(11-18)17-8-6-16-7-9-17;/h3-5,10,12,15-16,18H,6-9,11H2,1-2H3;1H/t15-;/m0./s1. The summed E-state index contributed by atoms with van der Waals surface area (Å²) in [7, 11) is 0. The van der Waals surface area contributed by atoms with Crippen molar-refractivity contribution in [2.24, 2.45) is 0 Å². The van der Waals surface area contributed by atoms with Crippen molar-refractivity contribution < 1.29 is 5.11 Å². The molecule has 0 amide bonds. The summed E-state index contributed by atoms with van der Waals surface area (Å²) in [4.78, 5) is 2.37. The summed E-state index contributed by atoms with van der Waals surface area (Å²) in [6.45, 7) is 8.66. The zero-order chi connectivity index (χ0) is 13.0. The first-order valence-electron chi connectivity index (χ1n) is 6.88. The topological polar surface area (TPSA) is 35.5 Å². The predicted octanol–water partition coefficient (Wildman–Crippen LogP) is 2.17. The van der Waals surface area contributed by atoms with Crippen LogP contribution in [0.1, 0.15) is 36.9 Å². The summed E-state index contributed by atoms with van der Waals surface area (Å²) in [5.41, 5.74) is 2.59. The highest BCUT2D eigenvalue weighted by atomic mass is 35.5. The second-order valence-corrected chi connectivity index (χ2v) is 5.31. The van der Waals surface area contributed by atoms with Gasteiger partial charge in [-0.1, -0.05) is 38.1 Å². The van der Waals surface area contributed by atoms with Gasteiger partial charge in [-0.2, -0.15) is 0 Å². The number of halogens is 1. The maximum atomic E-state index is 9.70. The van der Waals surface area contributed by atoms with E-state index in [1.165, 1.54) is 11.1 Å². The van der Waals surface area contributed by atoms with Crippen LogP contribution >= 0.6 is 12.4 Å². The Balaban J connectivity index is 0.00000180. The highest BCUT2D eigenvalue weighted by molar-refractivity contribution is 5.85. The van der Waals surface area contributed by atoms with Crippen LogP contribution in [0.2, 0.25) is 0 Å². The average Bonchev–Trinajstić information content (AvgIpc) is 2.41. The third kappa shape index (κ3) is 4.18. The molecule has 2 N–H and O–H groups in total. The Bertz CT molecular complexity index is 378. The molecule has 1 saturated heterocycles. The van der Waals surface area contributed by atoms with E-state index in [2.05, 4.69) is 48.3 Å². The number of hydrogen-bond acceptors (Lipinski definition) is 3. The van der Waals surface area contributed by atoms with E-state index >= 15 is 0 Å². The van der Waals surface area contributed by atoms with Crippen LogP contribution in [0.25, 0.3) is 0 Å². The molecule has 0 aliphatic carbocycles. The maximum Gasteiger partial charge on any atom is 0.0628 e. The fourth-order valence-corrected chi connectivity index (χ4v) is 2.55. The van der Waals surface area contributed by atoms with Gasteiger partial charge < -0.3 is 10.4 Å². The molecule has 0 saturated carbocycles. The van der Waals surface area contributed by atoms with Crippen LogP contribution in [0.15, 0.2) is 24.3 Å². The average molecular weight is 285 g/mol. The molecular weight excluding hydrogens is 260 g/mol. The van der Waals surface area contributed by atoms with Crippen LogP contribution in [0.3, 0.4) is 0 Å². The Labute approximate surface area is 122 Å². The first kappa shape index (κ1) is 16.4. The van der Waals surface area contributed by atoms with E-state index in [1.54, 1.807) is 0 Å². The van der Waals surface area contributed by atoms with Crippen molar-refractivity contribution >= 4 is 12.4 Å². The Hall–Kier alpha value is -0.610. The van der Waals surface area contributed by atoms with Gasteiger partial charge in [-0.05, 0) is 17.0 Å². The number of aliphatic hydroxyl groups is 1. The molecule has 1 aromatic rings. The molecule has 108 valence electrons. The Morgan fingerprint density at radius 2 is 1.84 bits per heavy atom. The molecule has 19 heavy (non-hydrogen) atoms. The molecule has 2 rings (SSSR count). The molecule has 3 nitrogen and oxygen atoms in total. The van der Waals surface area contributed by atoms with Gasteiger partial charge in [0.25, 0.3) is 0 Å². The second kappa shape index (κ2) is 7.85. The van der Waals surface area contributed by atoms with Gasteiger partial charge in [-0.25, -0.2) is 0 Å². The molecule has 0 unspecified atom stereocenters. The van der Waals surface area contributed by atoms with E-state index in [-0.39, 0.29) is 25.1 Å². The lowest BCUT2D eigenvalue weighted by Gasteiger charge is -2.34. The van der Waals surface area contributed by atoms with E-state index in [0.29, 0.717) is 5.92 Å². The lowest BCUT2D eigenvalue weighted by molar-refractivity contribution is 0.111. The second-order valence-electron chi connectivity index (χ2n) is 5.31. The van der Waals surface area contributed by atoms with E-state index in [4.69, 9.17) is 0 Å². The third-order valence-corrected chi connectivity index (χ3v) is 3.73. The van der Waals surface area contributed by atoms with E-state index < -0.39 is 0 Å². The summed E-state index contributed by atoms with van der Waals surface area (Å²) < 4.78 is 0. The summed E-state index contributed by atoms with van der Waals surface area (Å²) in [6.07, 6.45) is 0. The minimum absolute atomic E-state index is 0. The molecule has 0 radical (unpaired) electrons. The van der Waals surface area contributed by atoms with Crippen molar-refractivity contribution in [3.05, 3.63) is 35.4 Å². The first-order chi connectivity index (χ1) is 8.72. The summed E-state index contributed by atoms with van der Waals surface area (Å²) in [5, 5.41) is 13.1. The highest BCUT2D eigenvalue weighted by Crippen LogP contribution is 2.24. The van der Waals surface area contributed by atoms with Crippen molar-refractivity contribution in [3.8, 4) is 0 Å². The summed E-state index contributed by atoms with van der Waals surface area (Å²) in [5.74, 6) is 0.535. The molecule has 1 fully saturated rings. The number of nitrogens with zero attached hydrogens (tertiary/aromatic N) is 1. The van der Waals surface area contributed by atoms with Crippen LogP contribution in [0.4, 0.5) is 0 Å². The molecule has 0 bridgehead atoms. The van der Waals surface area contributed by atoms with E-state index in [1.807, 2.05) is 0 Å². The van der Waals surface area contributed by atoms with Crippen molar-refractivity contribution in [1.29, 1.82) is 0 Å². The number of hydrogen-bond donors (Lipinski definition) is 2. The van der Waals surface area contributed by atoms with Crippen molar-refractivity contribution in [2.45, 2.75) is 25.8 Å². The van der Waals surface area contributed by atoms with Crippen LogP contribution < -0.4 is 5.32 Å². The van der Waals surface area contributed by atoms with Gasteiger partial charge in [0.1, 0.15) is 0 Å². The molecule has 4 heteroatoms. The number of nitrogens with one attached hydrogen (secondary N) is 1. The molecule has 1 atom stereocenters. The zero-order valence-corrected chi connectivity index (χ0v) is 12.6. The lowest BCUT2D eigenvalue weighted by Crippen LogP contribution is -2.46.